The fraction of sp³-hybridized carbons (Fsp3) is 0.0667. The van der Waals surface area contributed by atoms with Gasteiger partial charge in [-0.05, 0) is 30.3 Å². The van der Waals surface area contributed by atoms with Gasteiger partial charge in [0.1, 0.15) is 11.6 Å². The molecule has 0 saturated heterocycles. The van der Waals surface area contributed by atoms with E-state index in [1.165, 1.54) is 30.5 Å². The highest BCUT2D eigenvalue weighted by Crippen LogP contribution is 2.11. The van der Waals surface area contributed by atoms with Crippen LogP contribution in [0.5, 0.6) is 0 Å². The van der Waals surface area contributed by atoms with Crippen LogP contribution in [0.25, 0.3) is 6.08 Å². The SMILES string of the molecule is O=C(COC(=O)/C=C/c1ccco1)Nc1ccccc1F. The van der Waals surface area contributed by atoms with Gasteiger partial charge in [0, 0.05) is 6.08 Å². The van der Waals surface area contributed by atoms with Crippen LogP contribution >= 0.6 is 0 Å². The van der Waals surface area contributed by atoms with Crippen LogP contribution in [0.4, 0.5) is 10.1 Å². The molecule has 1 N–H and O–H groups in total. The highest BCUT2D eigenvalue weighted by molar-refractivity contribution is 5.94. The lowest BCUT2D eigenvalue weighted by atomic mass is 10.3. The Morgan fingerprint density at radius 2 is 2.05 bits per heavy atom. The number of para-hydroxylation sites is 1. The van der Waals surface area contributed by atoms with Gasteiger partial charge in [0.05, 0.1) is 12.0 Å². The van der Waals surface area contributed by atoms with Gasteiger partial charge >= 0.3 is 5.97 Å². The highest BCUT2D eigenvalue weighted by atomic mass is 19.1. The number of hydrogen-bond acceptors (Lipinski definition) is 4. The molecule has 2 rings (SSSR count). The summed E-state index contributed by atoms with van der Waals surface area (Å²) in [4.78, 5) is 22.9. The van der Waals surface area contributed by atoms with Gasteiger partial charge in [-0.1, -0.05) is 12.1 Å². The topological polar surface area (TPSA) is 68.5 Å². The number of benzene rings is 1. The van der Waals surface area contributed by atoms with Crippen molar-refractivity contribution in [3.63, 3.8) is 0 Å². The Morgan fingerprint density at radius 1 is 1.24 bits per heavy atom. The molecule has 0 saturated carbocycles. The number of furan rings is 1. The minimum atomic E-state index is -0.699. The zero-order valence-electron chi connectivity index (χ0n) is 10.9. The van der Waals surface area contributed by atoms with Crippen molar-refractivity contribution in [2.45, 2.75) is 0 Å². The normalized spacial score (nSPS) is 10.5. The molecule has 108 valence electrons. The van der Waals surface area contributed by atoms with Crippen molar-refractivity contribution in [3.8, 4) is 0 Å². The van der Waals surface area contributed by atoms with E-state index in [0.717, 1.165) is 6.08 Å². The van der Waals surface area contributed by atoms with Crippen LogP contribution in [-0.2, 0) is 14.3 Å². The van der Waals surface area contributed by atoms with E-state index in [9.17, 15) is 14.0 Å². The number of carbonyl (C=O) groups excluding carboxylic acids is 2. The zero-order chi connectivity index (χ0) is 15.1. The molecular weight excluding hydrogens is 277 g/mol. The molecule has 0 spiro atoms. The second-order valence-electron chi connectivity index (χ2n) is 3.98. The van der Waals surface area contributed by atoms with Crippen LogP contribution < -0.4 is 5.32 Å². The van der Waals surface area contributed by atoms with Crippen molar-refractivity contribution in [1.82, 2.24) is 0 Å². The van der Waals surface area contributed by atoms with Gasteiger partial charge in [0.15, 0.2) is 6.61 Å². The summed E-state index contributed by atoms with van der Waals surface area (Å²) in [6.07, 6.45) is 4.01. The van der Waals surface area contributed by atoms with Crippen LogP contribution in [0.15, 0.2) is 53.2 Å². The number of nitrogens with one attached hydrogen (secondary N) is 1. The third kappa shape index (κ3) is 4.61. The van der Waals surface area contributed by atoms with Crippen molar-refractivity contribution < 1.29 is 23.1 Å². The summed E-state index contributed by atoms with van der Waals surface area (Å²) in [7, 11) is 0. The third-order valence-electron chi connectivity index (χ3n) is 2.42. The monoisotopic (exact) mass is 289 g/mol. The number of carbonyl (C=O) groups is 2. The average Bonchev–Trinajstić information content (AvgIpc) is 2.99. The van der Waals surface area contributed by atoms with E-state index >= 15 is 0 Å². The van der Waals surface area contributed by atoms with Gasteiger partial charge in [-0.25, -0.2) is 9.18 Å². The van der Waals surface area contributed by atoms with Crippen LogP contribution in [-0.4, -0.2) is 18.5 Å². The van der Waals surface area contributed by atoms with Crippen LogP contribution in [0.3, 0.4) is 0 Å². The van der Waals surface area contributed by atoms with Gasteiger partial charge in [0.2, 0.25) is 0 Å². The summed E-state index contributed by atoms with van der Waals surface area (Å²) in [6, 6.07) is 9.04. The Kier molecular flexibility index (Phi) is 4.87. The number of halogens is 1. The summed E-state index contributed by atoms with van der Waals surface area (Å²) in [5.41, 5.74) is 0.0321. The standard InChI is InChI=1S/C15H12FNO4/c16-12-5-1-2-6-13(12)17-14(18)10-21-15(19)8-7-11-4-3-9-20-11/h1-9H,10H2,(H,17,18)/b8-7+. The molecule has 0 aliphatic heterocycles. The first-order valence-corrected chi connectivity index (χ1v) is 6.08. The highest BCUT2D eigenvalue weighted by Gasteiger charge is 2.08. The number of anilines is 1. The van der Waals surface area contributed by atoms with E-state index in [-0.39, 0.29) is 5.69 Å². The second kappa shape index (κ2) is 7.04. The van der Waals surface area contributed by atoms with Crippen LogP contribution in [0.2, 0.25) is 0 Å². The minimum absolute atomic E-state index is 0.0321. The van der Waals surface area contributed by atoms with Gasteiger partial charge in [0.25, 0.3) is 5.91 Å². The van der Waals surface area contributed by atoms with E-state index < -0.39 is 24.3 Å². The second-order valence-corrected chi connectivity index (χ2v) is 3.98. The molecule has 0 fully saturated rings. The predicted molar refractivity (Wildman–Crippen MR) is 73.7 cm³/mol. The maximum atomic E-state index is 13.3. The molecule has 5 nitrogen and oxygen atoms in total. The number of hydrogen-bond donors (Lipinski definition) is 1. The van der Waals surface area contributed by atoms with Crippen LogP contribution in [0, 0.1) is 5.82 Å². The Morgan fingerprint density at radius 3 is 2.76 bits per heavy atom. The molecule has 0 atom stereocenters. The fourth-order valence-corrected chi connectivity index (χ4v) is 1.47. The van der Waals surface area contributed by atoms with E-state index in [4.69, 9.17) is 9.15 Å². The van der Waals surface area contributed by atoms with Crippen molar-refractivity contribution in [1.29, 1.82) is 0 Å². The molecule has 0 radical (unpaired) electrons. The van der Waals surface area contributed by atoms with Crippen molar-refractivity contribution >= 4 is 23.6 Å². The Hall–Kier alpha value is -2.89. The average molecular weight is 289 g/mol. The molecule has 6 heteroatoms. The molecule has 1 heterocycles. The molecular formula is C15H12FNO4. The molecule has 0 aliphatic carbocycles. The lowest BCUT2D eigenvalue weighted by Crippen LogP contribution is -2.20. The minimum Gasteiger partial charge on any atom is -0.465 e. The number of esters is 1. The Bertz CT molecular complexity index is 649. The van der Waals surface area contributed by atoms with Gasteiger partial charge < -0.3 is 14.5 Å². The van der Waals surface area contributed by atoms with Crippen molar-refractivity contribution in [2.75, 3.05) is 11.9 Å². The Labute approximate surface area is 120 Å². The smallest absolute Gasteiger partial charge is 0.331 e. The first-order chi connectivity index (χ1) is 10.1. The van der Waals surface area contributed by atoms with Gasteiger partial charge in [-0.3, -0.25) is 4.79 Å². The molecule has 1 aromatic carbocycles. The molecule has 1 aromatic heterocycles. The Balaban J connectivity index is 1.79. The molecule has 2 aromatic rings. The lowest BCUT2D eigenvalue weighted by molar-refractivity contribution is -0.142. The van der Waals surface area contributed by atoms with Gasteiger partial charge in [-0.15, -0.1) is 0 Å². The number of rotatable bonds is 5. The van der Waals surface area contributed by atoms with Crippen molar-refractivity contribution in [3.05, 3.63) is 60.3 Å². The van der Waals surface area contributed by atoms with Gasteiger partial charge in [-0.2, -0.15) is 0 Å². The molecule has 0 aliphatic rings. The van der Waals surface area contributed by atoms with E-state index in [2.05, 4.69) is 5.32 Å². The largest absolute Gasteiger partial charge is 0.465 e. The molecule has 21 heavy (non-hydrogen) atoms. The zero-order valence-corrected chi connectivity index (χ0v) is 10.9. The first kappa shape index (κ1) is 14.5. The molecule has 1 amide bonds. The van der Waals surface area contributed by atoms with E-state index in [1.54, 1.807) is 18.2 Å². The maximum absolute atomic E-state index is 13.3. The first-order valence-electron chi connectivity index (χ1n) is 6.08. The summed E-state index contributed by atoms with van der Waals surface area (Å²) in [6.45, 7) is -0.504. The predicted octanol–water partition coefficient (Wildman–Crippen LogP) is 2.61. The lowest BCUT2D eigenvalue weighted by Gasteiger charge is -2.05. The van der Waals surface area contributed by atoms with E-state index in [0.29, 0.717) is 5.76 Å². The summed E-state index contributed by atoms with van der Waals surface area (Å²) >= 11 is 0. The number of amides is 1. The van der Waals surface area contributed by atoms with Crippen LogP contribution in [0.1, 0.15) is 5.76 Å². The quantitative estimate of drug-likeness (QED) is 0.678. The summed E-state index contributed by atoms with van der Waals surface area (Å²) in [5, 5.41) is 2.30. The third-order valence-corrected chi connectivity index (χ3v) is 2.42. The van der Waals surface area contributed by atoms with E-state index in [1.807, 2.05) is 0 Å². The summed E-state index contributed by atoms with van der Waals surface area (Å²) < 4.78 is 23.0. The van der Waals surface area contributed by atoms with Crippen molar-refractivity contribution in [2.24, 2.45) is 0 Å². The maximum Gasteiger partial charge on any atom is 0.331 e. The summed E-state index contributed by atoms with van der Waals surface area (Å²) in [5.74, 6) is -1.40. The molecule has 0 bridgehead atoms. The molecule has 0 unspecified atom stereocenters. The number of ether oxygens (including phenoxy) is 1. The fourth-order valence-electron chi connectivity index (χ4n) is 1.47.